The molecule has 0 saturated carbocycles. The van der Waals surface area contributed by atoms with Gasteiger partial charge in [0, 0.05) is 11.6 Å². The number of anilines is 1. The zero-order chi connectivity index (χ0) is 20.8. The van der Waals surface area contributed by atoms with Gasteiger partial charge in [0.2, 0.25) is 0 Å². The van der Waals surface area contributed by atoms with Crippen molar-refractivity contribution in [3.63, 3.8) is 0 Å². The second kappa shape index (κ2) is 8.49. The van der Waals surface area contributed by atoms with Crippen molar-refractivity contribution in [2.45, 2.75) is 0 Å². The summed E-state index contributed by atoms with van der Waals surface area (Å²) < 4.78 is 5.56. The lowest BCUT2D eigenvalue weighted by molar-refractivity contribution is -0.393. The molecule has 0 bridgehead atoms. The predicted molar refractivity (Wildman–Crippen MR) is 109 cm³/mol. The minimum absolute atomic E-state index is 0.0168. The molecule has 3 aromatic rings. The predicted octanol–water partition coefficient (Wildman–Crippen LogP) is 4.11. The summed E-state index contributed by atoms with van der Waals surface area (Å²) in [6.45, 7) is 0.0699. The number of hydrazone groups is 1. The lowest BCUT2D eigenvalue weighted by Crippen LogP contribution is -2.01. The van der Waals surface area contributed by atoms with E-state index in [1.807, 2.05) is 30.3 Å². The summed E-state index contributed by atoms with van der Waals surface area (Å²) in [6.07, 6.45) is 6.72. The van der Waals surface area contributed by atoms with Gasteiger partial charge >= 0.3 is 5.69 Å². The molecule has 0 aliphatic carbocycles. The van der Waals surface area contributed by atoms with Crippen LogP contribution in [0.4, 0.5) is 17.1 Å². The van der Waals surface area contributed by atoms with E-state index < -0.39 is 15.5 Å². The quantitative estimate of drug-likeness (QED) is 0.280. The van der Waals surface area contributed by atoms with Gasteiger partial charge in [-0.25, -0.2) is 0 Å². The zero-order valence-corrected chi connectivity index (χ0v) is 14.9. The average Bonchev–Trinajstić information content (AvgIpc) is 2.72. The number of rotatable bonds is 7. The van der Waals surface area contributed by atoms with Crippen LogP contribution in [-0.2, 0) is 0 Å². The molecule has 144 valence electrons. The monoisotopic (exact) mass is 390 g/mol. The Morgan fingerprint density at radius 1 is 1.10 bits per heavy atom. The molecule has 3 rings (SSSR count). The first-order chi connectivity index (χ1) is 14.0. The van der Waals surface area contributed by atoms with Crippen molar-refractivity contribution in [3.05, 3.63) is 80.4 Å². The van der Waals surface area contributed by atoms with Gasteiger partial charge in [-0.3, -0.25) is 25.7 Å². The van der Waals surface area contributed by atoms with E-state index in [-0.39, 0.29) is 18.0 Å². The zero-order valence-electron chi connectivity index (χ0n) is 14.9. The first-order valence-corrected chi connectivity index (χ1v) is 8.31. The number of benzene rings is 3. The Morgan fingerprint density at radius 3 is 2.62 bits per heavy atom. The Bertz CT molecular complexity index is 1170. The van der Waals surface area contributed by atoms with Crippen molar-refractivity contribution in [3.8, 4) is 18.1 Å². The van der Waals surface area contributed by atoms with E-state index in [1.165, 1.54) is 12.3 Å². The Morgan fingerprint density at radius 2 is 1.90 bits per heavy atom. The Hall–Kier alpha value is -4.45. The molecule has 0 fully saturated rings. The smallest absolute Gasteiger partial charge is 0.301 e. The molecule has 0 spiro atoms. The topological polar surface area (TPSA) is 120 Å². The van der Waals surface area contributed by atoms with E-state index in [4.69, 9.17) is 11.2 Å². The molecule has 0 aliphatic rings. The highest BCUT2D eigenvalue weighted by Gasteiger charge is 2.19. The van der Waals surface area contributed by atoms with E-state index in [1.54, 1.807) is 6.07 Å². The van der Waals surface area contributed by atoms with Gasteiger partial charge in [-0.2, -0.15) is 5.10 Å². The number of nitrogens with zero attached hydrogens (tertiary/aromatic N) is 3. The van der Waals surface area contributed by atoms with Crippen LogP contribution in [0.15, 0.2) is 59.7 Å². The van der Waals surface area contributed by atoms with Crippen molar-refractivity contribution in [1.29, 1.82) is 0 Å². The average molecular weight is 390 g/mol. The van der Waals surface area contributed by atoms with Gasteiger partial charge in [0.25, 0.3) is 5.69 Å². The molecule has 0 radical (unpaired) electrons. The number of ether oxygens (including phenoxy) is 1. The van der Waals surface area contributed by atoms with Crippen molar-refractivity contribution in [2.24, 2.45) is 5.10 Å². The van der Waals surface area contributed by atoms with Gasteiger partial charge in [0.05, 0.1) is 22.1 Å². The second-order valence-electron chi connectivity index (χ2n) is 5.78. The van der Waals surface area contributed by atoms with Gasteiger partial charge in [-0.15, -0.1) is 6.42 Å². The number of non-ortho nitro benzene ring substituents is 1. The highest BCUT2D eigenvalue weighted by Crippen LogP contribution is 2.30. The number of hydrogen-bond acceptors (Lipinski definition) is 7. The SMILES string of the molecule is C#CCOc1ccc2ccccc2c1/C=N\Nc1ccc([N+](=O)[O-])cc1[N+](=O)[O-]. The van der Waals surface area contributed by atoms with Crippen LogP contribution >= 0.6 is 0 Å². The van der Waals surface area contributed by atoms with Gasteiger partial charge < -0.3 is 4.74 Å². The van der Waals surface area contributed by atoms with Crippen LogP contribution in [0.5, 0.6) is 5.75 Å². The highest BCUT2D eigenvalue weighted by molar-refractivity contribution is 6.02. The third-order valence-electron chi connectivity index (χ3n) is 4.01. The molecule has 0 saturated heterocycles. The lowest BCUT2D eigenvalue weighted by atomic mass is 10.0. The van der Waals surface area contributed by atoms with Crippen LogP contribution in [0.1, 0.15) is 5.56 Å². The molecule has 0 aliphatic heterocycles. The van der Waals surface area contributed by atoms with Crippen LogP contribution in [0.2, 0.25) is 0 Å². The normalized spacial score (nSPS) is 10.6. The van der Waals surface area contributed by atoms with Crippen LogP contribution in [0.25, 0.3) is 10.8 Å². The molecule has 9 nitrogen and oxygen atoms in total. The molecule has 3 aromatic carbocycles. The fraction of sp³-hybridized carbons (Fsp3) is 0.0500. The first kappa shape index (κ1) is 19.3. The number of terminal acetylenes is 1. The Balaban J connectivity index is 1.96. The molecule has 9 heteroatoms. The van der Waals surface area contributed by atoms with Crippen molar-refractivity contribution < 1.29 is 14.6 Å². The molecule has 0 unspecified atom stereocenters. The molecule has 0 amide bonds. The minimum atomic E-state index is -0.718. The Labute approximate surface area is 164 Å². The molecule has 0 aromatic heterocycles. The van der Waals surface area contributed by atoms with E-state index in [0.29, 0.717) is 11.3 Å². The first-order valence-electron chi connectivity index (χ1n) is 8.31. The van der Waals surface area contributed by atoms with E-state index in [9.17, 15) is 20.2 Å². The van der Waals surface area contributed by atoms with E-state index in [0.717, 1.165) is 22.9 Å². The minimum Gasteiger partial charge on any atom is -0.480 e. The van der Waals surface area contributed by atoms with Crippen molar-refractivity contribution >= 4 is 34.0 Å². The summed E-state index contributed by atoms with van der Waals surface area (Å²) in [4.78, 5) is 20.6. The second-order valence-corrected chi connectivity index (χ2v) is 5.78. The summed E-state index contributed by atoms with van der Waals surface area (Å²) in [5.41, 5.74) is 2.37. The molecule has 0 atom stereocenters. The maximum absolute atomic E-state index is 11.2. The summed E-state index contributed by atoms with van der Waals surface area (Å²) in [5.74, 6) is 2.90. The standard InChI is InChI=1S/C20H14N4O5/c1-2-11-29-20-10-7-14-5-3-4-6-16(14)17(20)13-21-22-18-9-8-15(23(25)26)12-19(18)24(27)28/h1,3-10,12-13,22H,11H2/b21-13-. The van der Waals surface area contributed by atoms with Crippen LogP contribution in [-0.4, -0.2) is 22.7 Å². The summed E-state index contributed by atoms with van der Waals surface area (Å²) in [5, 5.41) is 27.9. The van der Waals surface area contributed by atoms with E-state index in [2.05, 4.69) is 16.4 Å². The van der Waals surface area contributed by atoms with Crippen LogP contribution < -0.4 is 10.2 Å². The van der Waals surface area contributed by atoms with Crippen LogP contribution in [0, 0.1) is 32.6 Å². The molecule has 1 N–H and O–H groups in total. The fourth-order valence-electron chi connectivity index (χ4n) is 2.70. The van der Waals surface area contributed by atoms with E-state index >= 15 is 0 Å². The number of nitrogens with one attached hydrogen (secondary N) is 1. The summed E-state index contributed by atoms with van der Waals surface area (Å²) in [6, 6.07) is 14.5. The maximum Gasteiger partial charge on any atom is 0.301 e. The van der Waals surface area contributed by atoms with Crippen LogP contribution in [0.3, 0.4) is 0 Å². The molecule has 29 heavy (non-hydrogen) atoms. The van der Waals surface area contributed by atoms with Gasteiger partial charge in [0.15, 0.2) is 0 Å². The molecular weight excluding hydrogens is 376 g/mol. The lowest BCUT2D eigenvalue weighted by Gasteiger charge is -2.10. The third-order valence-corrected chi connectivity index (χ3v) is 4.01. The number of fused-ring (bicyclic) bond motifs is 1. The summed E-state index contributed by atoms with van der Waals surface area (Å²) >= 11 is 0. The number of hydrogen-bond donors (Lipinski definition) is 1. The Kier molecular flexibility index (Phi) is 5.66. The van der Waals surface area contributed by atoms with Gasteiger partial charge in [0.1, 0.15) is 18.0 Å². The third kappa shape index (κ3) is 4.28. The molecule has 0 heterocycles. The number of nitro benzene ring substituents is 2. The van der Waals surface area contributed by atoms with Crippen molar-refractivity contribution in [1.82, 2.24) is 0 Å². The maximum atomic E-state index is 11.2. The molecular formula is C20H14N4O5. The fourth-order valence-corrected chi connectivity index (χ4v) is 2.70. The number of nitro groups is 2. The summed E-state index contributed by atoms with van der Waals surface area (Å²) in [7, 11) is 0. The highest BCUT2D eigenvalue weighted by atomic mass is 16.6. The van der Waals surface area contributed by atoms with Gasteiger partial charge in [-0.1, -0.05) is 36.3 Å². The van der Waals surface area contributed by atoms with Crippen molar-refractivity contribution in [2.75, 3.05) is 12.0 Å². The van der Waals surface area contributed by atoms with Gasteiger partial charge in [-0.05, 0) is 22.9 Å². The largest absolute Gasteiger partial charge is 0.480 e.